The minimum atomic E-state index is -1.20. The minimum absolute atomic E-state index is 0.419. The summed E-state index contributed by atoms with van der Waals surface area (Å²) in [5.74, 6) is 0.995. The topological polar surface area (TPSA) is 84.6 Å². The largest absolute Gasteiger partial charge is 0.497 e. The van der Waals surface area contributed by atoms with E-state index >= 15 is 0 Å². The highest BCUT2D eigenvalue weighted by Gasteiger charge is 2.17. The van der Waals surface area contributed by atoms with Crippen LogP contribution in [0.15, 0.2) is 28.8 Å². The van der Waals surface area contributed by atoms with Crippen molar-refractivity contribution >= 4 is 5.91 Å². The van der Waals surface area contributed by atoms with Gasteiger partial charge in [-0.15, -0.1) is 0 Å². The van der Waals surface area contributed by atoms with E-state index in [0.29, 0.717) is 17.9 Å². The molecule has 0 aliphatic heterocycles. The standard InChI is InChI=1S/C17H22N2O4/c1-11-15(12(2)23-19-11)8-5-9-18-17(21)16(20)13-6-4-7-14(10-13)22-3/h4,6-7,10,16,20H,5,8-9H2,1-3H3,(H,18,21). The first-order valence-electron chi connectivity index (χ1n) is 7.54. The molecule has 0 saturated carbocycles. The summed E-state index contributed by atoms with van der Waals surface area (Å²) in [7, 11) is 1.54. The molecule has 2 aromatic rings. The van der Waals surface area contributed by atoms with Gasteiger partial charge < -0.3 is 19.7 Å². The van der Waals surface area contributed by atoms with Crippen LogP contribution in [-0.4, -0.2) is 29.8 Å². The SMILES string of the molecule is COc1cccc(C(O)C(=O)NCCCc2c(C)noc2C)c1. The van der Waals surface area contributed by atoms with Crippen molar-refractivity contribution in [2.45, 2.75) is 32.8 Å². The number of rotatable bonds is 7. The second kappa shape index (κ2) is 7.78. The minimum Gasteiger partial charge on any atom is -0.497 e. The number of ether oxygens (including phenoxy) is 1. The fraction of sp³-hybridized carbons (Fsp3) is 0.412. The van der Waals surface area contributed by atoms with Gasteiger partial charge in [-0.25, -0.2) is 0 Å². The third kappa shape index (κ3) is 4.32. The highest BCUT2D eigenvalue weighted by atomic mass is 16.5. The van der Waals surface area contributed by atoms with Crippen LogP contribution in [0.3, 0.4) is 0 Å². The van der Waals surface area contributed by atoms with Crippen molar-refractivity contribution in [2.75, 3.05) is 13.7 Å². The zero-order valence-corrected chi connectivity index (χ0v) is 13.6. The fourth-order valence-corrected chi connectivity index (χ4v) is 2.40. The molecule has 0 spiro atoms. The van der Waals surface area contributed by atoms with E-state index in [4.69, 9.17) is 9.26 Å². The maximum Gasteiger partial charge on any atom is 0.253 e. The fourth-order valence-electron chi connectivity index (χ4n) is 2.40. The summed E-state index contributed by atoms with van der Waals surface area (Å²) in [6.45, 7) is 4.25. The zero-order valence-electron chi connectivity index (χ0n) is 13.6. The van der Waals surface area contributed by atoms with Gasteiger partial charge in [-0.05, 0) is 44.4 Å². The normalized spacial score (nSPS) is 12.0. The van der Waals surface area contributed by atoms with Crippen LogP contribution >= 0.6 is 0 Å². The molecule has 0 radical (unpaired) electrons. The number of nitrogens with one attached hydrogen (secondary N) is 1. The van der Waals surface area contributed by atoms with Gasteiger partial charge in [-0.2, -0.15) is 0 Å². The summed E-state index contributed by atoms with van der Waals surface area (Å²) >= 11 is 0. The molecule has 1 amide bonds. The van der Waals surface area contributed by atoms with Gasteiger partial charge in [-0.3, -0.25) is 4.79 Å². The van der Waals surface area contributed by atoms with Gasteiger partial charge in [0.1, 0.15) is 11.5 Å². The van der Waals surface area contributed by atoms with Crippen molar-refractivity contribution in [1.29, 1.82) is 0 Å². The number of amides is 1. The Kier molecular flexibility index (Phi) is 5.76. The van der Waals surface area contributed by atoms with Crippen molar-refractivity contribution in [3.63, 3.8) is 0 Å². The molecule has 1 aromatic heterocycles. The number of aryl methyl sites for hydroxylation is 2. The van der Waals surface area contributed by atoms with Crippen LogP contribution < -0.4 is 10.1 Å². The van der Waals surface area contributed by atoms with Crippen LogP contribution in [-0.2, 0) is 11.2 Å². The lowest BCUT2D eigenvalue weighted by atomic mass is 10.1. The highest BCUT2D eigenvalue weighted by molar-refractivity contribution is 5.81. The number of aliphatic hydroxyl groups excluding tert-OH is 1. The summed E-state index contributed by atoms with van der Waals surface area (Å²) in [4.78, 5) is 12.0. The van der Waals surface area contributed by atoms with E-state index < -0.39 is 12.0 Å². The van der Waals surface area contributed by atoms with Crippen LogP contribution in [0.4, 0.5) is 0 Å². The number of hydrogen-bond donors (Lipinski definition) is 2. The van der Waals surface area contributed by atoms with E-state index in [0.717, 1.165) is 29.9 Å². The summed E-state index contributed by atoms with van der Waals surface area (Å²) in [5.41, 5.74) is 2.46. The van der Waals surface area contributed by atoms with E-state index in [1.807, 2.05) is 13.8 Å². The molecule has 6 nitrogen and oxygen atoms in total. The van der Waals surface area contributed by atoms with Crippen LogP contribution in [0.2, 0.25) is 0 Å². The molecule has 2 N–H and O–H groups in total. The molecule has 1 aromatic carbocycles. The van der Waals surface area contributed by atoms with Gasteiger partial charge in [0.05, 0.1) is 12.8 Å². The number of nitrogens with zero attached hydrogens (tertiary/aromatic N) is 1. The van der Waals surface area contributed by atoms with Crippen LogP contribution in [0, 0.1) is 13.8 Å². The van der Waals surface area contributed by atoms with E-state index in [1.54, 1.807) is 31.4 Å². The van der Waals surface area contributed by atoms with E-state index in [1.165, 1.54) is 0 Å². The Hall–Kier alpha value is -2.34. The molecular formula is C17H22N2O4. The quantitative estimate of drug-likeness (QED) is 0.764. The Labute approximate surface area is 135 Å². The van der Waals surface area contributed by atoms with Crippen LogP contribution in [0.1, 0.15) is 35.1 Å². The number of hydrogen-bond acceptors (Lipinski definition) is 5. The zero-order chi connectivity index (χ0) is 16.8. The predicted octanol–water partition coefficient (Wildman–Crippen LogP) is 2.08. The molecule has 1 unspecified atom stereocenters. The molecule has 1 heterocycles. The second-order valence-electron chi connectivity index (χ2n) is 5.38. The lowest BCUT2D eigenvalue weighted by molar-refractivity contribution is -0.129. The first kappa shape index (κ1) is 17.0. The molecule has 0 fully saturated rings. The Morgan fingerprint density at radius 1 is 1.43 bits per heavy atom. The second-order valence-corrected chi connectivity index (χ2v) is 5.38. The molecular weight excluding hydrogens is 296 g/mol. The number of carbonyl (C=O) groups excluding carboxylic acids is 1. The molecule has 0 aliphatic rings. The molecule has 6 heteroatoms. The van der Waals surface area contributed by atoms with Crippen LogP contribution in [0.5, 0.6) is 5.75 Å². The third-order valence-corrected chi connectivity index (χ3v) is 3.74. The van der Waals surface area contributed by atoms with Gasteiger partial charge in [0, 0.05) is 12.1 Å². The van der Waals surface area contributed by atoms with Gasteiger partial charge in [0.25, 0.3) is 5.91 Å². The summed E-state index contributed by atoms with van der Waals surface area (Å²) in [6, 6.07) is 6.84. The average Bonchev–Trinajstić information content (AvgIpc) is 2.89. The maximum atomic E-state index is 12.0. The van der Waals surface area contributed by atoms with E-state index in [2.05, 4.69) is 10.5 Å². The summed E-state index contributed by atoms with van der Waals surface area (Å²) in [6.07, 6.45) is 0.319. The summed E-state index contributed by atoms with van der Waals surface area (Å²) in [5, 5.41) is 16.7. The lowest BCUT2D eigenvalue weighted by Crippen LogP contribution is -2.30. The van der Waals surface area contributed by atoms with Crippen molar-refractivity contribution in [3.05, 3.63) is 46.8 Å². The molecule has 0 bridgehead atoms. The first-order valence-corrected chi connectivity index (χ1v) is 7.54. The first-order chi connectivity index (χ1) is 11.0. The third-order valence-electron chi connectivity index (χ3n) is 3.74. The lowest BCUT2D eigenvalue weighted by Gasteiger charge is -2.12. The molecule has 1 atom stereocenters. The molecule has 0 saturated heterocycles. The van der Waals surface area contributed by atoms with Gasteiger partial charge in [-0.1, -0.05) is 17.3 Å². The smallest absolute Gasteiger partial charge is 0.253 e. The number of aliphatic hydroxyl groups is 1. The molecule has 124 valence electrons. The molecule has 23 heavy (non-hydrogen) atoms. The van der Waals surface area contributed by atoms with Crippen molar-refractivity contribution in [2.24, 2.45) is 0 Å². The highest BCUT2D eigenvalue weighted by Crippen LogP contribution is 2.19. The number of methoxy groups -OCH3 is 1. The predicted molar refractivity (Wildman–Crippen MR) is 85.3 cm³/mol. The summed E-state index contributed by atoms with van der Waals surface area (Å²) < 4.78 is 10.2. The van der Waals surface area contributed by atoms with Crippen molar-refractivity contribution in [1.82, 2.24) is 10.5 Å². The van der Waals surface area contributed by atoms with Gasteiger partial charge in [0.2, 0.25) is 0 Å². The number of aromatic nitrogens is 1. The maximum absolute atomic E-state index is 12.0. The van der Waals surface area contributed by atoms with E-state index in [-0.39, 0.29) is 0 Å². The Morgan fingerprint density at radius 2 is 2.22 bits per heavy atom. The number of benzene rings is 1. The number of carbonyl (C=O) groups is 1. The Bertz CT molecular complexity index is 647. The van der Waals surface area contributed by atoms with Crippen molar-refractivity contribution in [3.8, 4) is 5.75 Å². The van der Waals surface area contributed by atoms with Gasteiger partial charge >= 0.3 is 0 Å². The average molecular weight is 318 g/mol. The van der Waals surface area contributed by atoms with E-state index in [9.17, 15) is 9.90 Å². The van der Waals surface area contributed by atoms with Crippen LogP contribution in [0.25, 0.3) is 0 Å². The van der Waals surface area contributed by atoms with Gasteiger partial charge in [0.15, 0.2) is 6.10 Å². The Balaban J connectivity index is 1.82. The van der Waals surface area contributed by atoms with Crippen molar-refractivity contribution < 1.29 is 19.2 Å². The molecule has 0 aliphatic carbocycles. The molecule has 2 rings (SSSR count). The monoisotopic (exact) mass is 318 g/mol. The Morgan fingerprint density at radius 3 is 2.87 bits per heavy atom.